The van der Waals surface area contributed by atoms with Gasteiger partial charge in [-0.05, 0) is 47.9 Å². The molecule has 0 fully saturated rings. The average Bonchev–Trinajstić information content (AvgIpc) is 3.36. The summed E-state index contributed by atoms with van der Waals surface area (Å²) in [6.07, 6.45) is 0.797. The van der Waals surface area contributed by atoms with Crippen LogP contribution in [0.25, 0.3) is 5.69 Å². The van der Waals surface area contributed by atoms with Crippen molar-refractivity contribution in [3.8, 4) is 40.4 Å². The van der Waals surface area contributed by atoms with Crippen LogP contribution in [0.1, 0.15) is 34.4 Å². The van der Waals surface area contributed by atoms with Crippen molar-refractivity contribution in [1.29, 1.82) is 5.41 Å². The Hall–Kier alpha value is -6.28. The number of urea groups is 1. The quantitative estimate of drug-likeness (QED) is 0.0357. The average molecular weight is 1230 g/mol. The monoisotopic (exact) mass is 1230 g/mol. The van der Waals surface area contributed by atoms with Crippen LogP contribution >= 0.6 is 85.9 Å². The number of carbonyl (C=O) groups excluding carboxylic acids is 2. The molecular weight excluding hydrogens is 1190 g/mol. The first-order valence-corrected chi connectivity index (χ1v) is 26.2. The summed E-state index contributed by atoms with van der Waals surface area (Å²) in [5.41, 5.74) is 3.38. The van der Waals surface area contributed by atoms with Crippen molar-refractivity contribution in [1.82, 2.24) is 30.0 Å². The van der Waals surface area contributed by atoms with E-state index in [1.165, 1.54) is 23.6 Å². The van der Waals surface area contributed by atoms with E-state index in [-0.39, 0.29) is 35.8 Å². The molecule has 0 aliphatic rings. The number of amides is 3. The van der Waals surface area contributed by atoms with Crippen LogP contribution in [0.15, 0.2) is 124 Å². The van der Waals surface area contributed by atoms with E-state index in [4.69, 9.17) is 70.8 Å². The van der Waals surface area contributed by atoms with E-state index in [1.807, 2.05) is 79.2 Å². The maximum absolute atomic E-state index is 13.1. The summed E-state index contributed by atoms with van der Waals surface area (Å²) in [7, 11) is 0. The number of nitrogens with one attached hydrogen (secondary N) is 3. The first-order chi connectivity index (χ1) is 35.8. The van der Waals surface area contributed by atoms with Crippen LogP contribution in [0.4, 0.5) is 22.4 Å². The highest BCUT2D eigenvalue weighted by Crippen LogP contribution is 2.40. The Labute approximate surface area is 469 Å². The number of nitrogens with zero attached hydrogens (tertiary/aromatic N) is 4. The third-order valence-corrected chi connectivity index (χ3v) is 12.1. The molecule has 0 unspecified atom stereocenters. The molecule has 7 rings (SSSR count). The van der Waals surface area contributed by atoms with Gasteiger partial charge in [0.25, 0.3) is 24.3 Å². The van der Waals surface area contributed by atoms with Crippen LogP contribution < -0.4 is 41.2 Å². The van der Waals surface area contributed by atoms with E-state index in [0.717, 1.165) is 38.2 Å². The first-order valence-electron chi connectivity index (χ1n) is 21.1. The molecule has 5 N–H and O–H groups in total. The van der Waals surface area contributed by atoms with E-state index in [9.17, 15) is 36.7 Å². The molecule has 3 aromatic heterocycles. The van der Waals surface area contributed by atoms with Gasteiger partial charge in [-0.1, -0.05) is 123 Å². The van der Waals surface area contributed by atoms with Gasteiger partial charge in [-0.25, -0.2) is 37.1 Å². The highest BCUT2D eigenvalue weighted by Gasteiger charge is 2.22. The molecule has 3 radical (unpaired) electrons. The number of benzene rings is 4. The van der Waals surface area contributed by atoms with E-state index >= 15 is 0 Å². The fourth-order valence-electron chi connectivity index (χ4n) is 5.91. The first kappa shape index (κ1) is 62.3. The van der Waals surface area contributed by atoms with Crippen LogP contribution in [0.2, 0.25) is 20.1 Å². The van der Waals surface area contributed by atoms with E-state index in [0.29, 0.717) is 51.1 Å². The number of aromatic amines is 1. The molecule has 0 bridgehead atoms. The van der Waals surface area contributed by atoms with Crippen LogP contribution in [0.3, 0.4) is 0 Å². The van der Waals surface area contributed by atoms with E-state index in [1.54, 1.807) is 52.9 Å². The molecular formula is C48H39BBrCl4F4N8O8S2. The number of thioether (sulfide) groups is 2. The molecule has 0 saturated carbocycles. The smallest absolute Gasteiger partial charge is 0.349 e. The Morgan fingerprint density at radius 2 is 1.18 bits per heavy atom. The number of aromatic nitrogens is 5. The lowest BCUT2D eigenvalue weighted by Crippen LogP contribution is -2.41. The number of pyridine rings is 2. The molecule has 3 amide bonds. The zero-order valence-corrected chi connectivity index (χ0v) is 45.5. The zero-order valence-electron chi connectivity index (χ0n) is 39.3. The SMILES string of the molecule is CSCc1cc(Oc2c(Cl)cc(-n3nc(C(F)F)c(=O)[nH]c3=O)cc2Cl)ncc1OCc1ccccc1.CSCc1cc(Oc2c(Cl)cc(Br)cc2Cl)ncc1OCc1ccccc1.N=C(C(=O)NC(N)=O)C(F)F.[B]. The number of primary amides is 1. The Morgan fingerprint density at radius 3 is 1.58 bits per heavy atom. The number of nitrogens with two attached hydrogens (primary N) is 1. The maximum Gasteiger partial charge on any atom is 0.349 e. The minimum atomic E-state index is -3.20. The molecule has 0 atom stereocenters. The van der Waals surface area contributed by atoms with Gasteiger partial charge in [-0.3, -0.25) is 25.3 Å². The van der Waals surface area contributed by atoms with Crippen LogP contribution in [-0.4, -0.2) is 69.7 Å². The van der Waals surface area contributed by atoms with Gasteiger partial charge in [0.15, 0.2) is 22.9 Å². The number of H-pyrrole nitrogens is 1. The number of halogens is 9. The third kappa shape index (κ3) is 18.5. The second-order valence-corrected chi connectivity index (χ2v) is 19.0. The Morgan fingerprint density at radius 1 is 0.750 bits per heavy atom. The van der Waals surface area contributed by atoms with Crippen LogP contribution in [0.5, 0.6) is 34.8 Å². The van der Waals surface area contributed by atoms with Crippen molar-refractivity contribution >= 4 is 112 Å². The minimum Gasteiger partial charge on any atom is -0.487 e. The van der Waals surface area contributed by atoms with Crippen molar-refractivity contribution in [2.24, 2.45) is 5.73 Å². The van der Waals surface area contributed by atoms with Crippen LogP contribution in [-0.2, 0) is 29.5 Å². The number of rotatable bonds is 18. The van der Waals surface area contributed by atoms with Crippen molar-refractivity contribution in [3.05, 3.63) is 183 Å². The Bertz CT molecular complexity index is 3210. The van der Waals surface area contributed by atoms with E-state index < -0.39 is 47.4 Å². The molecule has 28 heteroatoms. The molecule has 0 saturated heterocycles. The maximum atomic E-state index is 13.1. The molecule has 0 aliphatic carbocycles. The summed E-state index contributed by atoms with van der Waals surface area (Å²) in [5, 5.41) is 11.9. The van der Waals surface area contributed by atoms with Crippen LogP contribution in [0, 0.1) is 5.41 Å². The van der Waals surface area contributed by atoms with Gasteiger partial charge >= 0.3 is 11.7 Å². The van der Waals surface area contributed by atoms with Gasteiger partial charge in [-0.2, -0.15) is 33.3 Å². The Kier molecular flexibility index (Phi) is 25.0. The van der Waals surface area contributed by atoms with Gasteiger partial charge in [0, 0.05) is 47.7 Å². The molecule has 16 nitrogen and oxygen atoms in total. The predicted molar refractivity (Wildman–Crippen MR) is 291 cm³/mol. The third-order valence-electron chi connectivity index (χ3n) is 9.28. The lowest BCUT2D eigenvalue weighted by molar-refractivity contribution is -0.114. The minimum absolute atomic E-state index is 0. The number of hydrogen-bond acceptors (Lipinski definition) is 14. The van der Waals surface area contributed by atoms with Gasteiger partial charge in [0.2, 0.25) is 11.8 Å². The number of hydrogen-bond donors (Lipinski definition) is 4. The number of carbonyl (C=O) groups is 2. The molecule has 397 valence electrons. The summed E-state index contributed by atoms with van der Waals surface area (Å²) in [4.78, 5) is 54.3. The largest absolute Gasteiger partial charge is 0.487 e. The fourth-order valence-corrected chi connectivity index (χ4v) is 8.83. The Balaban J connectivity index is 0.000000280. The van der Waals surface area contributed by atoms with Gasteiger partial charge in [0.1, 0.15) is 24.7 Å². The van der Waals surface area contributed by atoms with Gasteiger partial charge < -0.3 is 24.7 Å². The normalized spacial score (nSPS) is 10.5. The second kappa shape index (κ2) is 30.5. The summed E-state index contributed by atoms with van der Waals surface area (Å²) >= 11 is 31.8. The molecule has 0 spiro atoms. The molecule has 3 heterocycles. The van der Waals surface area contributed by atoms with Gasteiger partial charge in [-0.15, -0.1) is 0 Å². The fraction of sp³-hybridized carbons (Fsp3) is 0.167. The molecule has 7 aromatic rings. The zero-order chi connectivity index (χ0) is 54.8. The van der Waals surface area contributed by atoms with E-state index in [2.05, 4.69) is 36.7 Å². The molecule has 4 aromatic carbocycles. The standard InChI is InChI=1S/C24H18Cl2F2N4O4S.C20H16BrCl2NO2S.C4H5F2N3O2.B/c1-37-12-14-7-19(29-10-18(14)35-11-13-5-3-2-4-6-13)36-21-16(25)8-15(9-17(21)26)32-24(34)30-23(33)20(31-32)22(27)28;1-27-12-14-7-19(26-20-16(22)8-15(21)9-17(20)23)24-10-18(14)25-11-13-5-3-2-4-6-13;5-2(6)1(7)3(10)9-4(8)11;/h2-10,22H,11-12H2,1H3,(H,30,33,34);2-10H,11-12H2,1H3;2,7H,(H3,8,9,10,11);. The molecule has 0 aliphatic heterocycles. The summed E-state index contributed by atoms with van der Waals surface area (Å²) in [6, 6.07) is 27.9. The highest BCUT2D eigenvalue weighted by molar-refractivity contribution is 9.10. The number of ether oxygens (including phenoxy) is 4. The molecule has 76 heavy (non-hydrogen) atoms. The van der Waals surface area contributed by atoms with Gasteiger partial charge in [0.05, 0.1) is 38.2 Å². The summed E-state index contributed by atoms with van der Waals surface area (Å²) in [5.74, 6) is 2.24. The number of alkyl halides is 4. The highest BCUT2D eigenvalue weighted by atomic mass is 79.9. The summed E-state index contributed by atoms with van der Waals surface area (Å²) in [6.45, 7) is 0.850. The number of imide groups is 1. The van der Waals surface area contributed by atoms with Crippen molar-refractivity contribution < 1.29 is 46.1 Å². The topological polar surface area (TPSA) is 226 Å². The second-order valence-electron chi connectivity index (χ2n) is 14.7. The lowest BCUT2D eigenvalue weighted by atomic mass is 10.2. The predicted octanol–water partition coefficient (Wildman–Crippen LogP) is 12.3. The van der Waals surface area contributed by atoms with Crippen molar-refractivity contribution in [2.45, 2.75) is 37.6 Å². The summed E-state index contributed by atoms with van der Waals surface area (Å²) < 4.78 is 74.1. The van der Waals surface area contributed by atoms with Crippen molar-refractivity contribution in [2.75, 3.05) is 12.5 Å². The lowest BCUT2D eigenvalue weighted by Gasteiger charge is -2.14. The van der Waals surface area contributed by atoms with Crippen molar-refractivity contribution in [3.63, 3.8) is 0 Å².